The molecule has 1 atom stereocenters. The van der Waals surface area contributed by atoms with E-state index in [1.807, 2.05) is 6.07 Å². The Morgan fingerprint density at radius 1 is 1.36 bits per heavy atom. The van der Waals surface area contributed by atoms with Crippen LogP contribution < -0.4 is 10.1 Å². The Balaban J connectivity index is 2.51. The van der Waals surface area contributed by atoms with E-state index in [1.54, 1.807) is 7.11 Å². The molecule has 0 saturated carbocycles. The molecule has 0 aromatic heterocycles. The molecule has 0 spiro atoms. The molecule has 2 heteroatoms. The molecule has 1 N–H and O–H groups in total. The lowest BCUT2D eigenvalue weighted by Crippen LogP contribution is -2.29. The summed E-state index contributed by atoms with van der Waals surface area (Å²) in [6.45, 7) is 6.73. The van der Waals surface area contributed by atoms with Crippen LogP contribution in [0.3, 0.4) is 0 Å². The second-order valence-corrected chi connectivity index (χ2v) is 4.50. The van der Waals surface area contributed by atoms with Gasteiger partial charge in [-0.3, -0.25) is 0 Å². The van der Waals surface area contributed by atoms with E-state index in [1.165, 1.54) is 11.3 Å². The van der Waals surface area contributed by atoms with Gasteiger partial charge in [0.25, 0.3) is 0 Å². The van der Waals surface area contributed by atoms with Gasteiger partial charge in [-0.15, -0.1) is 0 Å². The van der Waals surface area contributed by atoms with E-state index in [0.717, 1.165) is 5.75 Å². The number of nitrogens with one attached hydrogen (secondary N) is 1. The minimum Gasteiger partial charge on any atom is -0.497 e. The number of methoxy groups -OCH3 is 1. The standard InChI is InChI=1S/C12H17NO/c1-8-12(2,3)10-7-9(14-4)5-6-11(10)13-8/h5-8,13H,1-4H3/t8-/m0/s1. The summed E-state index contributed by atoms with van der Waals surface area (Å²) in [6, 6.07) is 6.70. The number of hydrogen-bond donors (Lipinski definition) is 1. The summed E-state index contributed by atoms with van der Waals surface area (Å²) in [5.74, 6) is 0.938. The highest BCUT2D eigenvalue weighted by Gasteiger charge is 2.36. The van der Waals surface area contributed by atoms with Gasteiger partial charge in [0, 0.05) is 17.1 Å². The Kier molecular flexibility index (Phi) is 1.95. The summed E-state index contributed by atoms with van der Waals surface area (Å²) >= 11 is 0. The molecule has 0 aliphatic carbocycles. The van der Waals surface area contributed by atoms with Gasteiger partial charge in [-0.2, -0.15) is 0 Å². The van der Waals surface area contributed by atoms with Crippen LogP contribution in [0, 0.1) is 0 Å². The van der Waals surface area contributed by atoms with Gasteiger partial charge in [0.05, 0.1) is 7.11 Å². The first-order valence-corrected chi connectivity index (χ1v) is 5.01. The van der Waals surface area contributed by atoms with Crippen molar-refractivity contribution in [3.05, 3.63) is 23.8 Å². The van der Waals surface area contributed by atoms with E-state index in [-0.39, 0.29) is 5.41 Å². The Morgan fingerprint density at radius 3 is 2.71 bits per heavy atom. The van der Waals surface area contributed by atoms with Crippen molar-refractivity contribution in [3.8, 4) is 5.75 Å². The third-order valence-electron chi connectivity index (χ3n) is 3.38. The minimum absolute atomic E-state index is 0.184. The first-order chi connectivity index (χ1) is 6.55. The summed E-state index contributed by atoms with van der Waals surface area (Å²) in [7, 11) is 1.71. The zero-order valence-electron chi connectivity index (χ0n) is 9.22. The number of anilines is 1. The van der Waals surface area contributed by atoms with E-state index in [4.69, 9.17) is 4.74 Å². The zero-order chi connectivity index (χ0) is 10.3. The SMILES string of the molecule is COc1ccc2c(c1)C(C)(C)[C@H](C)N2. The van der Waals surface area contributed by atoms with Gasteiger partial charge in [0.1, 0.15) is 5.75 Å². The first-order valence-electron chi connectivity index (χ1n) is 5.01. The number of fused-ring (bicyclic) bond motifs is 1. The third-order valence-corrected chi connectivity index (χ3v) is 3.38. The van der Waals surface area contributed by atoms with E-state index in [0.29, 0.717) is 6.04 Å². The first kappa shape index (κ1) is 9.38. The molecule has 0 saturated heterocycles. The lowest BCUT2D eigenvalue weighted by molar-refractivity contribution is 0.412. The molecule has 1 aromatic carbocycles. The topological polar surface area (TPSA) is 21.3 Å². The van der Waals surface area contributed by atoms with Crippen molar-refractivity contribution >= 4 is 5.69 Å². The van der Waals surface area contributed by atoms with Crippen molar-refractivity contribution in [1.82, 2.24) is 0 Å². The van der Waals surface area contributed by atoms with Crippen molar-refractivity contribution < 1.29 is 4.74 Å². The maximum Gasteiger partial charge on any atom is 0.119 e. The molecule has 0 bridgehead atoms. The highest BCUT2D eigenvalue weighted by molar-refractivity contribution is 5.63. The third kappa shape index (κ3) is 1.17. The quantitative estimate of drug-likeness (QED) is 0.737. The Bertz CT molecular complexity index is 357. The van der Waals surface area contributed by atoms with Gasteiger partial charge >= 0.3 is 0 Å². The molecule has 2 rings (SSSR count). The Morgan fingerprint density at radius 2 is 2.07 bits per heavy atom. The molecule has 1 heterocycles. The molecule has 2 nitrogen and oxygen atoms in total. The summed E-state index contributed by atoms with van der Waals surface area (Å²) in [5.41, 5.74) is 2.77. The van der Waals surface area contributed by atoms with Crippen LogP contribution in [0.2, 0.25) is 0 Å². The van der Waals surface area contributed by atoms with Crippen molar-refractivity contribution in [2.75, 3.05) is 12.4 Å². The van der Waals surface area contributed by atoms with Gasteiger partial charge < -0.3 is 10.1 Å². The maximum atomic E-state index is 5.24. The monoisotopic (exact) mass is 191 g/mol. The molecule has 0 unspecified atom stereocenters. The molecular weight excluding hydrogens is 174 g/mol. The van der Waals surface area contributed by atoms with Crippen LogP contribution in [0.5, 0.6) is 5.75 Å². The van der Waals surface area contributed by atoms with Gasteiger partial charge in [0.15, 0.2) is 0 Å². The van der Waals surface area contributed by atoms with Gasteiger partial charge in [-0.05, 0) is 30.7 Å². The van der Waals surface area contributed by atoms with Crippen LogP contribution in [0.25, 0.3) is 0 Å². The predicted molar refractivity (Wildman–Crippen MR) is 59.1 cm³/mol. The van der Waals surface area contributed by atoms with Crippen LogP contribution in [-0.2, 0) is 5.41 Å². The molecule has 76 valence electrons. The normalized spacial score (nSPS) is 22.7. The lowest BCUT2D eigenvalue weighted by Gasteiger charge is -2.24. The summed E-state index contributed by atoms with van der Waals surface area (Å²) < 4.78 is 5.24. The van der Waals surface area contributed by atoms with Gasteiger partial charge in [0.2, 0.25) is 0 Å². The van der Waals surface area contributed by atoms with Crippen molar-refractivity contribution in [3.63, 3.8) is 0 Å². The number of hydrogen-bond acceptors (Lipinski definition) is 2. The predicted octanol–water partition coefficient (Wildman–Crippen LogP) is 2.79. The fraction of sp³-hybridized carbons (Fsp3) is 0.500. The molecule has 1 aliphatic heterocycles. The molecule has 0 fully saturated rings. The Labute approximate surface area is 85.3 Å². The van der Waals surface area contributed by atoms with Gasteiger partial charge in [-0.1, -0.05) is 13.8 Å². The average molecular weight is 191 g/mol. The van der Waals surface area contributed by atoms with Crippen LogP contribution in [0.1, 0.15) is 26.3 Å². The Hall–Kier alpha value is -1.18. The summed E-state index contributed by atoms with van der Waals surface area (Å²) in [5, 5.41) is 3.48. The highest BCUT2D eigenvalue weighted by atomic mass is 16.5. The van der Waals surface area contributed by atoms with E-state index in [9.17, 15) is 0 Å². The number of ether oxygens (including phenoxy) is 1. The van der Waals surface area contributed by atoms with Crippen molar-refractivity contribution in [2.45, 2.75) is 32.2 Å². The van der Waals surface area contributed by atoms with Crippen LogP contribution in [0.4, 0.5) is 5.69 Å². The summed E-state index contributed by atoms with van der Waals surface area (Å²) in [6.07, 6.45) is 0. The smallest absolute Gasteiger partial charge is 0.119 e. The van der Waals surface area contributed by atoms with Crippen LogP contribution in [0.15, 0.2) is 18.2 Å². The largest absolute Gasteiger partial charge is 0.497 e. The second-order valence-electron chi connectivity index (χ2n) is 4.50. The number of benzene rings is 1. The van der Waals surface area contributed by atoms with Crippen molar-refractivity contribution in [2.24, 2.45) is 0 Å². The molecule has 1 aromatic rings. The van der Waals surface area contributed by atoms with Crippen molar-refractivity contribution in [1.29, 1.82) is 0 Å². The molecule has 14 heavy (non-hydrogen) atoms. The van der Waals surface area contributed by atoms with E-state index < -0.39 is 0 Å². The molecule has 0 radical (unpaired) electrons. The molecule has 1 aliphatic rings. The summed E-state index contributed by atoms with van der Waals surface area (Å²) in [4.78, 5) is 0. The van der Waals surface area contributed by atoms with E-state index >= 15 is 0 Å². The van der Waals surface area contributed by atoms with Gasteiger partial charge in [-0.25, -0.2) is 0 Å². The number of rotatable bonds is 1. The highest BCUT2D eigenvalue weighted by Crippen LogP contribution is 2.41. The minimum atomic E-state index is 0.184. The average Bonchev–Trinajstić information content (AvgIpc) is 2.38. The fourth-order valence-corrected chi connectivity index (χ4v) is 1.96. The lowest BCUT2D eigenvalue weighted by atomic mass is 9.81. The molecular formula is C12H17NO. The van der Waals surface area contributed by atoms with Crippen LogP contribution >= 0.6 is 0 Å². The second kappa shape index (κ2) is 2.91. The maximum absolute atomic E-state index is 5.24. The molecule has 0 amide bonds. The van der Waals surface area contributed by atoms with E-state index in [2.05, 4.69) is 38.2 Å². The zero-order valence-corrected chi connectivity index (χ0v) is 9.22. The fourth-order valence-electron chi connectivity index (χ4n) is 1.96. The van der Waals surface area contributed by atoms with Crippen LogP contribution in [-0.4, -0.2) is 13.2 Å².